The zero-order valence-corrected chi connectivity index (χ0v) is 13.9. The molecule has 0 N–H and O–H groups in total. The lowest BCUT2D eigenvalue weighted by molar-refractivity contribution is 0.788. The van der Waals surface area contributed by atoms with Crippen LogP contribution >= 0.6 is 0 Å². The minimum Gasteiger partial charge on any atom is -0.288 e. The highest BCUT2D eigenvalue weighted by atomic mass is 16.1. The molecule has 0 spiro atoms. The van der Waals surface area contributed by atoms with Gasteiger partial charge in [-0.15, -0.1) is 0 Å². The van der Waals surface area contributed by atoms with Crippen LogP contribution < -0.4 is 5.43 Å². The maximum absolute atomic E-state index is 12.2. The van der Waals surface area contributed by atoms with E-state index in [2.05, 4.69) is 20.1 Å². The van der Waals surface area contributed by atoms with Crippen molar-refractivity contribution >= 4 is 0 Å². The Bertz CT molecular complexity index is 1080. The highest BCUT2D eigenvalue weighted by molar-refractivity contribution is 5.55. The van der Waals surface area contributed by atoms with Gasteiger partial charge < -0.3 is 0 Å². The van der Waals surface area contributed by atoms with Gasteiger partial charge in [-0.05, 0) is 29.8 Å². The zero-order chi connectivity index (χ0) is 17.8. The summed E-state index contributed by atoms with van der Waals surface area (Å²) in [6.45, 7) is 0. The Labute approximate surface area is 149 Å². The smallest absolute Gasteiger partial charge is 0.203 e. The quantitative estimate of drug-likeness (QED) is 0.570. The van der Waals surface area contributed by atoms with Crippen molar-refractivity contribution in [3.8, 4) is 17.1 Å². The second-order valence-corrected chi connectivity index (χ2v) is 5.73. The molecule has 0 amide bonds. The summed E-state index contributed by atoms with van der Waals surface area (Å²) < 4.78 is 1.66. The molecule has 3 aromatic heterocycles. The van der Waals surface area contributed by atoms with Gasteiger partial charge in [0.2, 0.25) is 5.43 Å². The first-order chi connectivity index (χ1) is 12.8. The maximum Gasteiger partial charge on any atom is 0.203 e. The average Bonchev–Trinajstić information content (AvgIpc) is 2.71. The van der Waals surface area contributed by atoms with Crippen LogP contribution in [0.15, 0.2) is 84.3 Å². The molecule has 4 aromatic rings. The van der Waals surface area contributed by atoms with Gasteiger partial charge in [-0.3, -0.25) is 9.78 Å². The molecule has 6 heteroatoms. The summed E-state index contributed by atoms with van der Waals surface area (Å²) in [5.41, 5.74) is 3.07. The van der Waals surface area contributed by atoms with Crippen LogP contribution in [0.2, 0.25) is 0 Å². The van der Waals surface area contributed by atoms with Gasteiger partial charge in [0.1, 0.15) is 5.69 Å². The molecule has 0 unspecified atom stereocenters. The third kappa shape index (κ3) is 3.39. The van der Waals surface area contributed by atoms with Gasteiger partial charge in [0, 0.05) is 42.8 Å². The molecule has 26 heavy (non-hydrogen) atoms. The summed E-state index contributed by atoms with van der Waals surface area (Å²) in [7, 11) is 0. The Hall–Kier alpha value is -3.67. The highest BCUT2D eigenvalue weighted by Gasteiger charge is 2.07. The molecule has 126 valence electrons. The van der Waals surface area contributed by atoms with Crippen molar-refractivity contribution in [1.29, 1.82) is 0 Å². The van der Waals surface area contributed by atoms with E-state index in [1.54, 1.807) is 41.7 Å². The molecular weight excluding hydrogens is 326 g/mol. The third-order valence-corrected chi connectivity index (χ3v) is 3.91. The lowest BCUT2D eigenvalue weighted by Crippen LogP contribution is -2.16. The molecule has 0 aliphatic carbocycles. The van der Waals surface area contributed by atoms with Crippen molar-refractivity contribution in [3.63, 3.8) is 0 Å². The summed E-state index contributed by atoms with van der Waals surface area (Å²) in [6.07, 6.45) is 8.90. The summed E-state index contributed by atoms with van der Waals surface area (Å²) in [4.78, 5) is 24.9. The van der Waals surface area contributed by atoms with E-state index < -0.39 is 0 Å². The van der Waals surface area contributed by atoms with Crippen LogP contribution in [0.4, 0.5) is 0 Å². The van der Waals surface area contributed by atoms with Gasteiger partial charge in [0.05, 0.1) is 11.9 Å². The second-order valence-electron chi connectivity index (χ2n) is 5.73. The molecule has 0 saturated heterocycles. The molecule has 6 nitrogen and oxygen atoms in total. The predicted molar refractivity (Wildman–Crippen MR) is 97.9 cm³/mol. The average molecular weight is 341 g/mol. The Morgan fingerprint density at radius 2 is 1.81 bits per heavy atom. The van der Waals surface area contributed by atoms with Gasteiger partial charge in [-0.1, -0.05) is 18.2 Å². The van der Waals surface area contributed by atoms with E-state index in [1.807, 2.05) is 36.4 Å². The molecule has 0 radical (unpaired) electrons. The van der Waals surface area contributed by atoms with Crippen molar-refractivity contribution in [1.82, 2.24) is 24.7 Å². The molecule has 3 heterocycles. The third-order valence-electron chi connectivity index (χ3n) is 3.91. The van der Waals surface area contributed by atoms with Crippen molar-refractivity contribution in [2.75, 3.05) is 0 Å². The van der Waals surface area contributed by atoms with E-state index in [9.17, 15) is 4.79 Å². The second kappa shape index (κ2) is 7.06. The van der Waals surface area contributed by atoms with E-state index in [1.165, 1.54) is 6.07 Å². The van der Waals surface area contributed by atoms with E-state index in [0.717, 1.165) is 16.8 Å². The minimum absolute atomic E-state index is 0.0912. The number of rotatable bonds is 4. The fourth-order valence-electron chi connectivity index (χ4n) is 2.66. The standard InChI is InChI=1S/C20H15N5O/c26-19-7-11-25(17-6-2-8-21-14-17)24-18(19)13-15-4-1-5-16(12-15)20-22-9-3-10-23-20/h1-12,14H,13H2. The SMILES string of the molecule is O=c1ccn(-c2cccnc2)nc1Cc1cccc(-c2ncccn2)c1. The van der Waals surface area contributed by atoms with Crippen molar-refractivity contribution in [2.45, 2.75) is 6.42 Å². The van der Waals surface area contributed by atoms with Crippen LogP contribution in [0.25, 0.3) is 17.1 Å². The number of aromatic nitrogens is 5. The summed E-state index contributed by atoms with van der Waals surface area (Å²) >= 11 is 0. The Morgan fingerprint density at radius 3 is 2.62 bits per heavy atom. The maximum atomic E-state index is 12.2. The molecule has 1 aromatic carbocycles. The molecule has 0 fully saturated rings. The van der Waals surface area contributed by atoms with Crippen LogP contribution in [0.5, 0.6) is 0 Å². The monoisotopic (exact) mass is 341 g/mol. The van der Waals surface area contributed by atoms with Gasteiger partial charge in [0.15, 0.2) is 5.82 Å². The highest BCUT2D eigenvalue weighted by Crippen LogP contribution is 2.17. The van der Waals surface area contributed by atoms with Gasteiger partial charge in [-0.2, -0.15) is 5.10 Å². The Morgan fingerprint density at radius 1 is 0.923 bits per heavy atom. The zero-order valence-electron chi connectivity index (χ0n) is 13.9. The molecule has 0 saturated carbocycles. The fourth-order valence-corrected chi connectivity index (χ4v) is 2.66. The molecular formula is C20H15N5O. The largest absolute Gasteiger partial charge is 0.288 e. The van der Waals surface area contributed by atoms with Crippen molar-refractivity contribution in [3.05, 3.63) is 101 Å². The Balaban J connectivity index is 1.67. The lowest BCUT2D eigenvalue weighted by Gasteiger charge is -2.08. The van der Waals surface area contributed by atoms with Crippen molar-refractivity contribution in [2.24, 2.45) is 0 Å². The number of pyridine rings is 1. The first-order valence-electron chi connectivity index (χ1n) is 8.15. The predicted octanol–water partition coefficient (Wildman–Crippen LogP) is 2.68. The normalized spacial score (nSPS) is 10.6. The number of hydrogen-bond donors (Lipinski definition) is 0. The topological polar surface area (TPSA) is 73.6 Å². The Kier molecular flexibility index (Phi) is 4.30. The van der Waals surface area contributed by atoms with Crippen LogP contribution in [0.1, 0.15) is 11.3 Å². The first-order valence-corrected chi connectivity index (χ1v) is 8.15. The minimum atomic E-state index is -0.0912. The molecule has 0 atom stereocenters. The molecule has 0 aliphatic rings. The fraction of sp³-hybridized carbons (Fsp3) is 0.0500. The van der Waals surface area contributed by atoms with Crippen LogP contribution in [0.3, 0.4) is 0 Å². The summed E-state index contributed by atoms with van der Waals surface area (Å²) in [5.74, 6) is 0.656. The van der Waals surface area contributed by atoms with Crippen LogP contribution in [0, 0.1) is 0 Å². The van der Waals surface area contributed by atoms with E-state index in [0.29, 0.717) is 17.9 Å². The van der Waals surface area contributed by atoms with Crippen molar-refractivity contribution < 1.29 is 0 Å². The molecule has 0 aliphatic heterocycles. The van der Waals surface area contributed by atoms with E-state index in [-0.39, 0.29) is 5.43 Å². The number of nitrogens with zero attached hydrogens (tertiary/aromatic N) is 5. The van der Waals surface area contributed by atoms with Gasteiger partial charge in [0.25, 0.3) is 0 Å². The molecule has 4 rings (SSSR count). The van der Waals surface area contributed by atoms with Crippen LogP contribution in [-0.2, 0) is 6.42 Å². The first kappa shape index (κ1) is 15.8. The van der Waals surface area contributed by atoms with E-state index in [4.69, 9.17) is 0 Å². The lowest BCUT2D eigenvalue weighted by atomic mass is 10.1. The molecule has 0 bridgehead atoms. The number of hydrogen-bond acceptors (Lipinski definition) is 5. The van der Waals surface area contributed by atoms with Gasteiger partial charge in [-0.25, -0.2) is 14.6 Å². The number of benzene rings is 1. The van der Waals surface area contributed by atoms with Crippen LogP contribution in [-0.4, -0.2) is 24.7 Å². The van der Waals surface area contributed by atoms with Gasteiger partial charge >= 0.3 is 0 Å². The van der Waals surface area contributed by atoms with E-state index >= 15 is 0 Å². The summed E-state index contributed by atoms with van der Waals surface area (Å²) in [6, 6.07) is 14.9. The summed E-state index contributed by atoms with van der Waals surface area (Å²) in [5, 5.41) is 4.47.